The molecule has 1 aliphatic rings. The molecule has 0 unspecified atom stereocenters. The highest BCUT2D eigenvalue weighted by Gasteiger charge is 2.32. The van der Waals surface area contributed by atoms with Gasteiger partial charge in [0.2, 0.25) is 0 Å². The molecule has 1 nitrogen and oxygen atoms in total. The number of allylic oxidation sites excluding steroid dienone is 1. The van der Waals surface area contributed by atoms with E-state index in [9.17, 15) is 26.3 Å². The number of fused-ring (bicyclic) bond motifs is 1. The van der Waals surface area contributed by atoms with E-state index in [2.05, 4.69) is 11.7 Å². The molecule has 8 heteroatoms. The molecule has 0 saturated carbocycles. The number of unbranched alkanes of at least 4 members (excludes halogenated alkanes) is 2. The van der Waals surface area contributed by atoms with Gasteiger partial charge >= 0.3 is 6.36 Å². The Bertz CT molecular complexity index is 1310. The average molecular weight is 508 g/mol. The van der Waals surface area contributed by atoms with Crippen molar-refractivity contribution in [2.45, 2.75) is 51.8 Å². The first-order valence-electron chi connectivity index (χ1n) is 11.6. The van der Waals surface area contributed by atoms with Gasteiger partial charge in [-0.25, -0.2) is 17.6 Å². The highest BCUT2D eigenvalue weighted by molar-refractivity contribution is 5.86. The van der Waals surface area contributed by atoms with Crippen LogP contribution in [0.2, 0.25) is 0 Å². The number of aryl methyl sites for hydroxylation is 1. The summed E-state index contributed by atoms with van der Waals surface area (Å²) in [4.78, 5) is 0. The van der Waals surface area contributed by atoms with Crippen molar-refractivity contribution in [3.8, 4) is 16.9 Å². The highest BCUT2D eigenvalue weighted by atomic mass is 19.4. The van der Waals surface area contributed by atoms with Crippen molar-refractivity contribution in [2.24, 2.45) is 0 Å². The second kappa shape index (κ2) is 10.4. The van der Waals surface area contributed by atoms with E-state index in [-0.39, 0.29) is 23.1 Å². The van der Waals surface area contributed by atoms with E-state index in [1.807, 2.05) is 6.07 Å². The quantitative estimate of drug-likeness (QED) is 0.229. The second-order valence-electron chi connectivity index (χ2n) is 8.75. The molecule has 3 aromatic carbocycles. The fraction of sp³-hybridized carbons (Fsp3) is 0.286. The predicted octanol–water partition coefficient (Wildman–Crippen LogP) is 9.03. The standard InChI is InChI=1S/C28H23F7O/c1-2-3-4-5-16-6-9-20(22(29)12-16)17-7-10-21-19(13-17)15-24(31)26(27(21)32)18-8-11-25(23(30)14-18)36-28(33,34)35/h6,8-9,11-15H,2-5,7,10H2,1H3. The Morgan fingerprint density at radius 2 is 1.61 bits per heavy atom. The van der Waals surface area contributed by atoms with Crippen LogP contribution in [0.1, 0.15) is 54.9 Å². The van der Waals surface area contributed by atoms with Crippen LogP contribution in [0.25, 0.3) is 22.8 Å². The fourth-order valence-corrected chi connectivity index (χ4v) is 4.48. The molecule has 0 heterocycles. The maximum Gasteiger partial charge on any atom is 0.573 e. The number of halogens is 7. The SMILES string of the molecule is CCCCCc1ccc(C2=Cc3cc(F)c(-c4ccc(OC(F)(F)F)c(F)c4)c(F)c3CC2)c(F)c1. The summed E-state index contributed by atoms with van der Waals surface area (Å²) in [5.74, 6) is -4.85. The molecule has 0 saturated heterocycles. The summed E-state index contributed by atoms with van der Waals surface area (Å²) in [5.41, 5.74) is 1.45. The van der Waals surface area contributed by atoms with Gasteiger partial charge in [0.05, 0.1) is 5.56 Å². The minimum absolute atomic E-state index is 0.149. The van der Waals surface area contributed by atoms with Gasteiger partial charge in [-0.15, -0.1) is 13.2 Å². The highest BCUT2D eigenvalue weighted by Crippen LogP contribution is 2.39. The Labute approximate surface area is 204 Å². The molecule has 0 fully saturated rings. The summed E-state index contributed by atoms with van der Waals surface area (Å²) >= 11 is 0. The molecular weight excluding hydrogens is 485 g/mol. The first-order valence-corrected chi connectivity index (χ1v) is 11.6. The number of hydrogen-bond acceptors (Lipinski definition) is 1. The molecule has 3 aromatic rings. The van der Waals surface area contributed by atoms with Crippen LogP contribution in [-0.4, -0.2) is 6.36 Å². The Balaban J connectivity index is 1.65. The summed E-state index contributed by atoms with van der Waals surface area (Å²) in [7, 11) is 0. The van der Waals surface area contributed by atoms with Crippen LogP contribution >= 0.6 is 0 Å². The van der Waals surface area contributed by atoms with Crippen molar-refractivity contribution in [1.29, 1.82) is 0 Å². The number of alkyl halides is 3. The zero-order valence-corrected chi connectivity index (χ0v) is 19.4. The first-order chi connectivity index (χ1) is 17.1. The molecule has 0 spiro atoms. The molecule has 0 aliphatic heterocycles. The molecule has 0 N–H and O–H groups in total. The third-order valence-corrected chi connectivity index (χ3v) is 6.22. The molecule has 0 aromatic heterocycles. The van der Waals surface area contributed by atoms with Crippen molar-refractivity contribution in [1.82, 2.24) is 0 Å². The minimum Gasteiger partial charge on any atom is -0.403 e. The summed E-state index contributed by atoms with van der Waals surface area (Å²) in [6.07, 6.45) is 0.735. The lowest BCUT2D eigenvalue weighted by Crippen LogP contribution is -2.18. The van der Waals surface area contributed by atoms with E-state index in [1.54, 1.807) is 6.07 Å². The molecule has 0 amide bonds. The summed E-state index contributed by atoms with van der Waals surface area (Å²) in [6.45, 7) is 2.09. The van der Waals surface area contributed by atoms with Crippen molar-refractivity contribution in [3.05, 3.63) is 88.0 Å². The van der Waals surface area contributed by atoms with Crippen molar-refractivity contribution >= 4 is 11.6 Å². The van der Waals surface area contributed by atoms with Crippen molar-refractivity contribution in [2.75, 3.05) is 0 Å². The van der Waals surface area contributed by atoms with Crippen LogP contribution in [0.15, 0.2) is 42.5 Å². The normalized spacial score (nSPS) is 13.4. The van der Waals surface area contributed by atoms with Crippen molar-refractivity contribution < 1.29 is 35.5 Å². The lowest BCUT2D eigenvalue weighted by molar-refractivity contribution is -0.275. The number of hydrogen-bond donors (Lipinski definition) is 0. The van der Waals surface area contributed by atoms with Gasteiger partial charge in [0.15, 0.2) is 11.6 Å². The van der Waals surface area contributed by atoms with Gasteiger partial charge in [-0.1, -0.05) is 44.0 Å². The fourth-order valence-electron chi connectivity index (χ4n) is 4.48. The molecule has 0 radical (unpaired) electrons. The van der Waals surface area contributed by atoms with Gasteiger partial charge in [-0.2, -0.15) is 0 Å². The largest absolute Gasteiger partial charge is 0.573 e. The number of ether oxygens (including phenoxy) is 1. The van der Waals surface area contributed by atoms with Crippen LogP contribution in [-0.2, 0) is 12.8 Å². The Hall–Kier alpha value is -3.29. The number of rotatable bonds is 7. The van der Waals surface area contributed by atoms with E-state index in [4.69, 9.17) is 0 Å². The lowest BCUT2D eigenvalue weighted by atomic mass is 9.85. The topological polar surface area (TPSA) is 9.23 Å². The third kappa shape index (κ3) is 5.58. The molecule has 36 heavy (non-hydrogen) atoms. The van der Waals surface area contributed by atoms with Gasteiger partial charge in [0.1, 0.15) is 17.5 Å². The zero-order valence-electron chi connectivity index (χ0n) is 19.4. The van der Waals surface area contributed by atoms with Crippen LogP contribution in [0.4, 0.5) is 30.7 Å². The van der Waals surface area contributed by atoms with Gasteiger partial charge in [-0.05, 0) is 77.8 Å². The monoisotopic (exact) mass is 508 g/mol. The van der Waals surface area contributed by atoms with Crippen molar-refractivity contribution in [3.63, 3.8) is 0 Å². The number of benzene rings is 3. The maximum absolute atomic E-state index is 15.3. The van der Waals surface area contributed by atoms with E-state index >= 15 is 4.39 Å². The summed E-state index contributed by atoms with van der Waals surface area (Å²) in [5, 5.41) is 0. The van der Waals surface area contributed by atoms with Crippen LogP contribution in [0.3, 0.4) is 0 Å². The van der Waals surface area contributed by atoms with Gasteiger partial charge in [0, 0.05) is 5.56 Å². The Morgan fingerprint density at radius 3 is 2.28 bits per heavy atom. The molecule has 4 rings (SSSR count). The predicted molar refractivity (Wildman–Crippen MR) is 124 cm³/mol. The zero-order chi connectivity index (χ0) is 26.0. The second-order valence-corrected chi connectivity index (χ2v) is 8.75. The van der Waals surface area contributed by atoms with E-state index < -0.39 is 40.9 Å². The molecule has 190 valence electrons. The third-order valence-electron chi connectivity index (χ3n) is 6.22. The first kappa shape index (κ1) is 25.8. The molecule has 0 atom stereocenters. The summed E-state index contributed by atoms with van der Waals surface area (Å²) in [6, 6.07) is 8.32. The molecular formula is C28H23F7O. The Kier molecular flexibility index (Phi) is 7.43. The van der Waals surface area contributed by atoms with Crippen LogP contribution < -0.4 is 4.74 Å². The van der Waals surface area contributed by atoms with E-state index in [0.717, 1.165) is 43.4 Å². The average Bonchev–Trinajstić information content (AvgIpc) is 2.80. The van der Waals surface area contributed by atoms with Crippen LogP contribution in [0, 0.1) is 23.3 Å². The minimum atomic E-state index is -5.11. The maximum atomic E-state index is 15.3. The molecule has 0 bridgehead atoms. The van der Waals surface area contributed by atoms with Crippen LogP contribution in [0.5, 0.6) is 5.75 Å². The van der Waals surface area contributed by atoms with E-state index in [0.29, 0.717) is 29.7 Å². The lowest BCUT2D eigenvalue weighted by Gasteiger charge is -2.20. The smallest absolute Gasteiger partial charge is 0.403 e. The van der Waals surface area contributed by atoms with Gasteiger partial charge < -0.3 is 4.74 Å². The Morgan fingerprint density at radius 1 is 0.833 bits per heavy atom. The summed E-state index contributed by atoms with van der Waals surface area (Å²) < 4.78 is 100.0. The molecule has 1 aliphatic carbocycles. The van der Waals surface area contributed by atoms with Gasteiger partial charge in [-0.3, -0.25) is 0 Å². The van der Waals surface area contributed by atoms with Gasteiger partial charge in [0.25, 0.3) is 0 Å². The van der Waals surface area contributed by atoms with E-state index in [1.165, 1.54) is 12.1 Å².